The second-order valence-electron chi connectivity index (χ2n) is 5.63. The van der Waals surface area contributed by atoms with E-state index in [0.717, 1.165) is 42.0 Å². The van der Waals surface area contributed by atoms with Crippen molar-refractivity contribution in [1.82, 2.24) is 4.90 Å². The lowest BCUT2D eigenvalue weighted by Gasteiger charge is -2.26. The van der Waals surface area contributed by atoms with Crippen LogP contribution in [0.2, 0.25) is 0 Å². The van der Waals surface area contributed by atoms with Gasteiger partial charge in [-0.1, -0.05) is 18.2 Å². The summed E-state index contributed by atoms with van der Waals surface area (Å²) >= 11 is 0. The van der Waals surface area contributed by atoms with Gasteiger partial charge < -0.3 is 14.4 Å². The molecule has 1 aliphatic rings. The van der Waals surface area contributed by atoms with Gasteiger partial charge in [-0.2, -0.15) is 0 Å². The molecule has 0 aliphatic carbocycles. The summed E-state index contributed by atoms with van der Waals surface area (Å²) in [7, 11) is 3.30. The van der Waals surface area contributed by atoms with Gasteiger partial charge in [0.1, 0.15) is 11.5 Å². The fourth-order valence-electron chi connectivity index (χ4n) is 3.18. The van der Waals surface area contributed by atoms with Crippen LogP contribution in [0.4, 0.5) is 0 Å². The maximum Gasteiger partial charge on any atom is 0.254 e. The molecule has 0 saturated carbocycles. The molecule has 1 heterocycles. The number of ether oxygens (including phenoxy) is 2. The zero-order valence-electron chi connectivity index (χ0n) is 13.5. The zero-order chi connectivity index (χ0) is 16.2. The zero-order valence-corrected chi connectivity index (χ0v) is 13.5. The van der Waals surface area contributed by atoms with E-state index in [1.54, 1.807) is 14.2 Å². The van der Waals surface area contributed by atoms with Crippen molar-refractivity contribution in [3.63, 3.8) is 0 Å². The van der Waals surface area contributed by atoms with Gasteiger partial charge in [0, 0.05) is 17.7 Å². The Balaban J connectivity index is 1.94. The molecule has 4 nitrogen and oxygen atoms in total. The van der Waals surface area contributed by atoms with Crippen LogP contribution in [0, 0.1) is 0 Å². The molecular weight excluding hydrogens is 290 g/mol. The summed E-state index contributed by atoms with van der Waals surface area (Å²) < 4.78 is 10.8. The first kappa shape index (κ1) is 15.4. The van der Waals surface area contributed by atoms with Crippen molar-refractivity contribution in [2.75, 3.05) is 20.8 Å². The second-order valence-corrected chi connectivity index (χ2v) is 5.63. The average Bonchev–Trinajstić information content (AvgIpc) is 3.10. The Bertz CT molecular complexity index is 684. The molecule has 1 saturated heterocycles. The number of hydrogen-bond donors (Lipinski definition) is 0. The molecule has 1 amide bonds. The standard InChI is InChI=1S/C19H21NO3/c1-22-15-10-11-18(23-2)16(13-15)17-9-6-12-20(17)19(21)14-7-4-3-5-8-14/h3-5,7-8,10-11,13,17H,6,9,12H2,1-2H3/t17-/m1/s1. The minimum absolute atomic E-state index is 0.0211. The summed E-state index contributed by atoms with van der Waals surface area (Å²) in [5.41, 5.74) is 1.73. The van der Waals surface area contributed by atoms with Crippen molar-refractivity contribution in [1.29, 1.82) is 0 Å². The van der Waals surface area contributed by atoms with Gasteiger partial charge in [-0.15, -0.1) is 0 Å². The topological polar surface area (TPSA) is 38.8 Å². The quantitative estimate of drug-likeness (QED) is 0.864. The molecule has 0 radical (unpaired) electrons. The summed E-state index contributed by atoms with van der Waals surface area (Å²) in [6.07, 6.45) is 1.92. The molecule has 0 N–H and O–H groups in total. The van der Waals surface area contributed by atoms with Gasteiger partial charge in [-0.3, -0.25) is 4.79 Å². The third-order valence-corrected chi connectivity index (χ3v) is 4.33. The number of benzene rings is 2. The van der Waals surface area contributed by atoms with Gasteiger partial charge >= 0.3 is 0 Å². The van der Waals surface area contributed by atoms with Gasteiger partial charge in [0.25, 0.3) is 5.91 Å². The Kier molecular flexibility index (Phi) is 4.51. The summed E-state index contributed by atoms with van der Waals surface area (Å²) in [6.45, 7) is 0.763. The van der Waals surface area contributed by atoms with E-state index in [2.05, 4.69) is 0 Å². The summed E-state index contributed by atoms with van der Waals surface area (Å²) in [6, 6.07) is 15.2. The highest BCUT2D eigenvalue weighted by Gasteiger charge is 2.32. The highest BCUT2D eigenvalue weighted by Crippen LogP contribution is 2.39. The summed E-state index contributed by atoms with van der Waals surface area (Å²) in [5, 5.41) is 0. The molecule has 23 heavy (non-hydrogen) atoms. The average molecular weight is 311 g/mol. The lowest BCUT2D eigenvalue weighted by Crippen LogP contribution is -2.30. The maximum atomic E-state index is 12.8. The molecule has 0 bridgehead atoms. The fourth-order valence-corrected chi connectivity index (χ4v) is 3.18. The van der Waals surface area contributed by atoms with Crippen LogP contribution in [0.5, 0.6) is 11.5 Å². The molecule has 1 fully saturated rings. The molecule has 1 aliphatic heterocycles. The number of amides is 1. The number of carbonyl (C=O) groups is 1. The monoisotopic (exact) mass is 311 g/mol. The molecule has 3 rings (SSSR count). The lowest BCUT2D eigenvalue weighted by molar-refractivity contribution is 0.0734. The minimum Gasteiger partial charge on any atom is -0.497 e. The lowest BCUT2D eigenvalue weighted by atomic mass is 10.0. The summed E-state index contributed by atoms with van der Waals surface area (Å²) in [4.78, 5) is 14.8. The van der Waals surface area contributed by atoms with Crippen LogP contribution < -0.4 is 9.47 Å². The van der Waals surface area contributed by atoms with Crippen LogP contribution in [0.25, 0.3) is 0 Å². The number of methoxy groups -OCH3 is 2. The van der Waals surface area contributed by atoms with Gasteiger partial charge in [-0.05, 0) is 43.2 Å². The Morgan fingerprint density at radius 3 is 2.57 bits per heavy atom. The van der Waals surface area contributed by atoms with Crippen molar-refractivity contribution < 1.29 is 14.3 Å². The van der Waals surface area contributed by atoms with Crippen molar-refractivity contribution in [2.24, 2.45) is 0 Å². The van der Waals surface area contributed by atoms with Crippen LogP contribution in [0.15, 0.2) is 48.5 Å². The number of nitrogens with zero attached hydrogens (tertiary/aromatic N) is 1. The SMILES string of the molecule is COc1ccc(OC)c([C@H]2CCCN2C(=O)c2ccccc2)c1. The van der Waals surface area contributed by atoms with Crippen LogP contribution >= 0.6 is 0 Å². The van der Waals surface area contributed by atoms with Gasteiger partial charge in [0.05, 0.1) is 20.3 Å². The number of likely N-dealkylation sites (tertiary alicyclic amines) is 1. The molecule has 4 heteroatoms. The van der Waals surface area contributed by atoms with E-state index in [0.29, 0.717) is 0 Å². The van der Waals surface area contributed by atoms with E-state index in [9.17, 15) is 4.79 Å². The maximum absolute atomic E-state index is 12.8. The van der Waals surface area contributed by atoms with E-state index in [4.69, 9.17) is 9.47 Å². The van der Waals surface area contributed by atoms with Crippen LogP contribution in [-0.2, 0) is 0 Å². The molecule has 1 atom stereocenters. The largest absolute Gasteiger partial charge is 0.497 e. The van der Waals surface area contributed by atoms with Gasteiger partial charge in [0.2, 0.25) is 0 Å². The van der Waals surface area contributed by atoms with Crippen LogP contribution in [0.1, 0.15) is 34.8 Å². The Labute approximate surface area is 136 Å². The van der Waals surface area contributed by atoms with Crippen molar-refractivity contribution >= 4 is 5.91 Å². The van der Waals surface area contributed by atoms with Crippen LogP contribution in [0.3, 0.4) is 0 Å². The van der Waals surface area contributed by atoms with E-state index >= 15 is 0 Å². The first-order valence-corrected chi connectivity index (χ1v) is 7.82. The highest BCUT2D eigenvalue weighted by atomic mass is 16.5. The minimum atomic E-state index is 0.0211. The molecular formula is C19H21NO3. The molecule has 2 aromatic rings. The van der Waals surface area contributed by atoms with E-state index in [1.807, 2.05) is 53.4 Å². The number of rotatable bonds is 4. The predicted molar refractivity (Wildman–Crippen MR) is 89.0 cm³/mol. The molecule has 0 unspecified atom stereocenters. The van der Waals surface area contributed by atoms with E-state index in [1.165, 1.54) is 0 Å². The summed E-state index contributed by atoms with van der Waals surface area (Å²) in [5.74, 6) is 1.64. The Morgan fingerprint density at radius 2 is 1.87 bits per heavy atom. The first-order chi connectivity index (χ1) is 11.2. The van der Waals surface area contributed by atoms with Crippen molar-refractivity contribution in [2.45, 2.75) is 18.9 Å². The molecule has 120 valence electrons. The smallest absolute Gasteiger partial charge is 0.254 e. The molecule has 0 spiro atoms. The third kappa shape index (κ3) is 3.02. The van der Waals surface area contributed by atoms with E-state index < -0.39 is 0 Å². The molecule has 2 aromatic carbocycles. The van der Waals surface area contributed by atoms with Crippen LogP contribution in [-0.4, -0.2) is 31.6 Å². The Hall–Kier alpha value is -2.49. The highest BCUT2D eigenvalue weighted by molar-refractivity contribution is 5.94. The third-order valence-electron chi connectivity index (χ3n) is 4.33. The predicted octanol–water partition coefficient (Wildman–Crippen LogP) is 3.68. The normalized spacial score (nSPS) is 17.1. The first-order valence-electron chi connectivity index (χ1n) is 7.82. The van der Waals surface area contributed by atoms with Gasteiger partial charge in [0.15, 0.2) is 0 Å². The number of carbonyl (C=O) groups excluding carboxylic acids is 1. The Morgan fingerprint density at radius 1 is 1.09 bits per heavy atom. The van der Waals surface area contributed by atoms with Crippen molar-refractivity contribution in [3.05, 3.63) is 59.7 Å². The van der Waals surface area contributed by atoms with E-state index in [-0.39, 0.29) is 11.9 Å². The van der Waals surface area contributed by atoms with Gasteiger partial charge in [-0.25, -0.2) is 0 Å². The fraction of sp³-hybridized carbons (Fsp3) is 0.316. The molecule has 0 aromatic heterocycles. The second kappa shape index (κ2) is 6.73. The number of hydrogen-bond acceptors (Lipinski definition) is 3. The van der Waals surface area contributed by atoms with Crippen molar-refractivity contribution in [3.8, 4) is 11.5 Å².